The van der Waals surface area contributed by atoms with Crippen LogP contribution >= 0.6 is 0 Å². The van der Waals surface area contributed by atoms with Crippen molar-refractivity contribution in [3.05, 3.63) is 77.2 Å². The van der Waals surface area contributed by atoms with E-state index in [9.17, 15) is 27.9 Å². The number of hydrogen-bond acceptors (Lipinski definition) is 7. The number of alkyl halides is 3. The summed E-state index contributed by atoms with van der Waals surface area (Å²) >= 11 is 0. The Labute approximate surface area is 246 Å². The summed E-state index contributed by atoms with van der Waals surface area (Å²) in [6, 6.07) is 10.5. The summed E-state index contributed by atoms with van der Waals surface area (Å²) in [6.45, 7) is 12.0. The summed E-state index contributed by atoms with van der Waals surface area (Å²) in [6.07, 6.45) is -1.31. The Balaban J connectivity index is 0.000000646. The first-order valence-corrected chi connectivity index (χ1v) is 13.6. The van der Waals surface area contributed by atoms with Gasteiger partial charge in [0.2, 0.25) is 5.89 Å². The lowest BCUT2D eigenvalue weighted by molar-refractivity contribution is -0.192. The molecule has 43 heavy (non-hydrogen) atoms. The predicted octanol–water partition coefficient (Wildman–Crippen LogP) is 5.94. The normalized spacial score (nSPS) is 20.5. The molecule has 3 aromatic rings. The average Bonchev–Trinajstić information content (AvgIpc) is 3.49. The third-order valence-electron chi connectivity index (χ3n) is 7.17. The molecule has 0 aliphatic carbocycles. The minimum absolute atomic E-state index is 0.0254. The van der Waals surface area contributed by atoms with Gasteiger partial charge in [-0.2, -0.15) is 18.2 Å². The molecule has 1 aliphatic heterocycles. The van der Waals surface area contributed by atoms with E-state index in [2.05, 4.69) is 35.9 Å². The third-order valence-corrected chi connectivity index (χ3v) is 7.17. The number of hydrogen-bond donors (Lipinski definition) is 2. The molecule has 1 saturated heterocycles. The first-order chi connectivity index (χ1) is 19.9. The molecule has 1 aromatic carbocycles. The maximum atomic E-state index is 14.3. The van der Waals surface area contributed by atoms with Gasteiger partial charge in [0, 0.05) is 18.0 Å². The zero-order chi connectivity index (χ0) is 32.3. The number of nitrogens with zero attached hydrogens (tertiary/aromatic N) is 4. The molecule has 4 rings (SSSR count). The molecule has 0 spiro atoms. The second-order valence-corrected chi connectivity index (χ2v) is 12.0. The molecule has 1 aliphatic rings. The highest BCUT2D eigenvalue weighted by molar-refractivity contribution is 5.99. The molecule has 0 radical (unpaired) electrons. The zero-order valence-corrected chi connectivity index (χ0v) is 24.7. The number of rotatable bonds is 6. The number of carboxylic acids is 2. The summed E-state index contributed by atoms with van der Waals surface area (Å²) < 4.78 is 37.3. The molecular formula is C30H35F3N4O6. The van der Waals surface area contributed by atoms with Gasteiger partial charge in [-0.25, -0.2) is 9.59 Å². The van der Waals surface area contributed by atoms with Crippen LogP contribution in [0.5, 0.6) is 0 Å². The third kappa shape index (κ3) is 7.38. The number of carboxylic acid groups (broad SMARTS) is 2. The van der Waals surface area contributed by atoms with Crippen LogP contribution < -0.4 is 0 Å². The molecule has 3 heterocycles. The van der Waals surface area contributed by atoms with Gasteiger partial charge in [0.15, 0.2) is 5.82 Å². The van der Waals surface area contributed by atoms with E-state index >= 15 is 0 Å². The van der Waals surface area contributed by atoms with Gasteiger partial charge in [-0.1, -0.05) is 58.0 Å². The van der Waals surface area contributed by atoms with E-state index in [0.717, 1.165) is 11.1 Å². The van der Waals surface area contributed by atoms with E-state index in [-0.39, 0.29) is 30.1 Å². The molecule has 0 unspecified atom stereocenters. The van der Waals surface area contributed by atoms with Gasteiger partial charge in [-0.3, -0.25) is 9.78 Å². The van der Waals surface area contributed by atoms with E-state index in [0.29, 0.717) is 17.3 Å². The molecule has 232 valence electrons. The van der Waals surface area contributed by atoms with Crippen molar-refractivity contribution >= 4 is 17.8 Å². The van der Waals surface area contributed by atoms with Crippen LogP contribution in [0.15, 0.2) is 53.3 Å². The van der Waals surface area contributed by atoms with E-state index in [1.165, 1.54) is 0 Å². The Morgan fingerprint density at radius 2 is 1.70 bits per heavy atom. The molecule has 2 N–H and O–H groups in total. The number of pyridine rings is 1. The van der Waals surface area contributed by atoms with Gasteiger partial charge in [0.05, 0.1) is 12.0 Å². The molecule has 13 heteroatoms. The standard InChI is InChI=1S/C28H34N4O4.C2HF3O2/c1-17(2)14-28(26(34)35)15-22(24-30-18(3)31-36-24)23(20-8-7-13-29-16-20)32(28)25(33)19-9-11-21(12-10-19)27(4,5)6;3-2(4,5)1(6)7/h7-13,16-17,22-23H,14-15H2,1-6H3,(H,34,35);(H,6,7)/t22-,23-,28-;/m0./s1. The van der Waals surface area contributed by atoms with Crippen LogP contribution in [-0.4, -0.2) is 59.8 Å². The maximum absolute atomic E-state index is 14.3. The van der Waals surface area contributed by atoms with Crippen LogP contribution in [0.2, 0.25) is 0 Å². The number of aromatic nitrogens is 3. The van der Waals surface area contributed by atoms with Crippen molar-refractivity contribution in [1.29, 1.82) is 0 Å². The van der Waals surface area contributed by atoms with Crippen LogP contribution in [0.25, 0.3) is 0 Å². The fraction of sp³-hybridized carbons (Fsp3) is 0.467. The van der Waals surface area contributed by atoms with Crippen molar-refractivity contribution in [1.82, 2.24) is 20.0 Å². The van der Waals surface area contributed by atoms with Crippen molar-refractivity contribution < 1.29 is 42.3 Å². The maximum Gasteiger partial charge on any atom is 0.490 e. The largest absolute Gasteiger partial charge is 0.490 e. The second-order valence-electron chi connectivity index (χ2n) is 12.0. The van der Waals surface area contributed by atoms with Gasteiger partial charge in [-0.15, -0.1) is 0 Å². The Hall–Kier alpha value is -4.29. The Morgan fingerprint density at radius 3 is 2.12 bits per heavy atom. The molecular weight excluding hydrogens is 569 g/mol. The molecule has 1 amide bonds. The molecule has 0 bridgehead atoms. The topological polar surface area (TPSA) is 147 Å². The molecule has 1 fully saturated rings. The van der Waals surface area contributed by atoms with E-state index in [4.69, 9.17) is 14.4 Å². The van der Waals surface area contributed by atoms with Crippen LogP contribution in [-0.2, 0) is 15.0 Å². The summed E-state index contributed by atoms with van der Waals surface area (Å²) in [5, 5.41) is 21.8. The molecule has 2 aromatic heterocycles. The van der Waals surface area contributed by atoms with Gasteiger partial charge >= 0.3 is 18.1 Å². The number of amides is 1. The fourth-order valence-corrected chi connectivity index (χ4v) is 5.35. The summed E-state index contributed by atoms with van der Waals surface area (Å²) in [7, 11) is 0. The van der Waals surface area contributed by atoms with Crippen molar-refractivity contribution in [3.8, 4) is 0 Å². The highest BCUT2D eigenvalue weighted by Crippen LogP contribution is 2.54. The summed E-state index contributed by atoms with van der Waals surface area (Å²) in [5.74, 6) is -3.82. The fourth-order valence-electron chi connectivity index (χ4n) is 5.35. The lowest BCUT2D eigenvalue weighted by Crippen LogP contribution is -2.54. The zero-order valence-electron chi connectivity index (χ0n) is 24.7. The number of likely N-dealkylation sites (tertiary alicyclic amines) is 1. The monoisotopic (exact) mass is 604 g/mol. The number of aliphatic carboxylic acids is 2. The minimum atomic E-state index is -5.08. The average molecular weight is 605 g/mol. The highest BCUT2D eigenvalue weighted by atomic mass is 19.4. The minimum Gasteiger partial charge on any atom is -0.479 e. The Morgan fingerprint density at radius 1 is 1.09 bits per heavy atom. The summed E-state index contributed by atoms with van der Waals surface area (Å²) in [4.78, 5) is 46.5. The lowest BCUT2D eigenvalue weighted by atomic mass is 9.83. The number of aryl methyl sites for hydroxylation is 1. The first-order valence-electron chi connectivity index (χ1n) is 13.6. The van der Waals surface area contributed by atoms with Crippen molar-refractivity contribution in [2.75, 3.05) is 0 Å². The Bertz CT molecular complexity index is 1430. The Kier molecular flexibility index (Phi) is 9.67. The number of halogens is 3. The van der Waals surface area contributed by atoms with Gasteiger partial charge in [-0.05, 0) is 60.4 Å². The lowest BCUT2D eigenvalue weighted by Gasteiger charge is -2.39. The van der Waals surface area contributed by atoms with Gasteiger partial charge in [0.25, 0.3) is 5.91 Å². The number of carbonyl (C=O) groups excluding carboxylic acids is 1. The second kappa shape index (κ2) is 12.5. The molecule has 3 atom stereocenters. The van der Waals surface area contributed by atoms with Crippen LogP contribution in [0.4, 0.5) is 13.2 Å². The van der Waals surface area contributed by atoms with Crippen LogP contribution in [0.1, 0.15) is 92.6 Å². The predicted molar refractivity (Wildman–Crippen MR) is 148 cm³/mol. The van der Waals surface area contributed by atoms with Crippen molar-refractivity contribution in [3.63, 3.8) is 0 Å². The van der Waals surface area contributed by atoms with Crippen molar-refractivity contribution in [2.24, 2.45) is 5.92 Å². The van der Waals surface area contributed by atoms with Crippen LogP contribution in [0, 0.1) is 12.8 Å². The van der Waals surface area contributed by atoms with E-state index in [1.807, 2.05) is 32.0 Å². The van der Waals surface area contributed by atoms with Crippen LogP contribution in [0.3, 0.4) is 0 Å². The highest BCUT2D eigenvalue weighted by Gasteiger charge is 2.60. The van der Waals surface area contributed by atoms with Crippen molar-refractivity contribution in [2.45, 2.75) is 83.5 Å². The summed E-state index contributed by atoms with van der Waals surface area (Å²) in [5.41, 5.74) is 0.729. The number of benzene rings is 1. The molecule has 10 nitrogen and oxygen atoms in total. The number of carbonyl (C=O) groups is 3. The van der Waals surface area contributed by atoms with E-state index < -0.39 is 35.6 Å². The first kappa shape index (κ1) is 33.2. The quantitative estimate of drug-likeness (QED) is 0.349. The van der Waals surface area contributed by atoms with Gasteiger partial charge in [0.1, 0.15) is 5.54 Å². The van der Waals surface area contributed by atoms with Gasteiger partial charge < -0.3 is 19.6 Å². The van der Waals surface area contributed by atoms with E-state index in [1.54, 1.807) is 42.4 Å². The SMILES string of the molecule is Cc1noc([C@H]2C[C@@](CC(C)C)(C(=O)O)N(C(=O)c3ccc(C(C)(C)C)cc3)[C@H]2c2cccnc2)n1.O=C(O)C(F)(F)F. The molecule has 0 saturated carbocycles. The smallest absolute Gasteiger partial charge is 0.479 e.